The number of rotatable bonds is 7. The molecule has 0 aromatic heterocycles. The van der Waals surface area contributed by atoms with Gasteiger partial charge < -0.3 is 15.8 Å². The van der Waals surface area contributed by atoms with Crippen LogP contribution in [0.2, 0.25) is 0 Å². The zero-order valence-corrected chi connectivity index (χ0v) is 12.6. The predicted molar refractivity (Wildman–Crippen MR) is 77.3 cm³/mol. The molecule has 2 unspecified atom stereocenters. The van der Waals surface area contributed by atoms with Crippen molar-refractivity contribution in [3.05, 3.63) is 29.8 Å². The first kappa shape index (κ1) is 18.3. The molecule has 0 saturated heterocycles. The fourth-order valence-corrected chi connectivity index (χ4v) is 1.89. The van der Waals surface area contributed by atoms with Crippen LogP contribution in [0.4, 0.5) is 13.2 Å². The molecule has 4 nitrogen and oxygen atoms in total. The molecule has 0 bridgehead atoms. The minimum Gasteiger partial charge on any atom is -0.406 e. The molecule has 0 fully saturated rings. The highest BCUT2D eigenvalue weighted by molar-refractivity contribution is 5.81. The molecule has 124 valence electrons. The van der Waals surface area contributed by atoms with Crippen LogP contribution in [0.1, 0.15) is 25.8 Å². The number of carbonyl (C=O) groups excluding carboxylic acids is 1. The summed E-state index contributed by atoms with van der Waals surface area (Å²) in [6.07, 6.45) is -3.74. The van der Waals surface area contributed by atoms with Crippen molar-refractivity contribution in [1.82, 2.24) is 5.32 Å². The van der Waals surface area contributed by atoms with Crippen LogP contribution in [0.3, 0.4) is 0 Å². The molecule has 0 heterocycles. The number of amides is 1. The van der Waals surface area contributed by atoms with E-state index in [-0.39, 0.29) is 30.5 Å². The van der Waals surface area contributed by atoms with Crippen molar-refractivity contribution < 1.29 is 22.7 Å². The first-order chi connectivity index (χ1) is 10.2. The van der Waals surface area contributed by atoms with Crippen molar-refractivity contribution in [3.8, 4) is 5.75 Å². The highest BCUT2D eigenvalue weighted by Gasteiger charge is 2.31. The minimum absolute atomic E-state index is 0.0425. The zero-order chi connectivity index (χ0) is 16.8. The van der Waals surface area contributed by atoms with Crippen LogP contribution in [0.25, 0.3) is 0 Å². The first-order valence-corrected chi connectivity index (χ1v) is 7.11. The predicted octanol–water partition coefficient (Wildman–Crippen LogP) is 2.62. The van der Waals surface area contributed by atoms with Gasteiger partial charge in [-0.05, 0) is 24.0 Å². The minimum atomic E-state index is -4.74. The van der Waals surface area contributed by atoms with Crippen molar-refractivity contribution in [2.24, 2.45) is 11.7 Å². The fourth-order valence-electron chi connectivity index (χ4n) is 1.89. The number of hydrogen-bond acceptors (Lipinski definition) is 3. The maximum Gasteiger partial charge on any atom is 0.573 e. The summed E-state index contributed by atoms with van der Waals surface area (Å²) in [6, 6.07) is 5.23. The van der Waals surface area contributed by atoms with Gasteiger partial charge >= 0.3 is 6.36 Å². The zero-order valence-electron chi connectivity index (χ0n) is 12.6. The van der Waals surface area contributed by atoms with E-state index in [0.717, 1.165) is 6.42 Å². The Morgan fingerprint density at radius 3 is 2.59 bits per heavy atom. The average molecular weight is 318 g/mol. The second-order valence-corrected chi connectivity index (χ2v) is 5.11. The summed E-state index contributed by atoms with van der Waals surface area (Å²) < 4.78 is 40.8. The highest BCUT2D eigenvalue weighted by atomic mass is 19.4. The second-order valence-electron chi connectivity index (χ2n) is 5.11. The van der Waals surface area contributed by atoms with E-state index < -0.39 is 12.4 Å². The highest BCUT2D eigenvalue weighted by Crippen LogP contribution is 2.26. The third-order valence-electron chi connectivity index (χ3n) is 3.45. The number of nitrogens with one attached hydrogen (secondary N) is 1. The van der Waals surface area contributed by atoms with Crippen molar-refractivity contribution >= 4 is 5.91 Å². The Bertz CT molecular complexity index is 492. The maximum absolute atomic E-state index is 12.3. The van der Waals surface area contributed by atoms with Crippen LogP contribution in [0, 0.1) is 5.92 Å². The lowest BCUT2D eigenvalue weighted by Gasteiger charge is -2.18. The SMILES string of the molecule is CCC(C)C(N)C(=O)NCCc1ccccc1OC(F)(F)F. The number of ether oxygens (including phenoxy) is 1. The third-order valence-corrected chi connectivity index (χ3v) is 3.45. The average Bonchev–Trinajstić information content (AvgIpc) is 2.45. The summed E-state index contributed by atoms with van der Waals surface area (Å²) >= 11 is 0. The summed E-state index contributed by atoms with van der Waals surface area (Å²) in [4.78, 5) is 11.8. The smallest absolute Gasteiger partial charge is 0.406 e. The molecule has 0 aliphatic rings. The number of carbonyl (C=O) groups is 1. The number of alkyl halides is 3. The summed E-state index contributed by atoms with van der Waals surface area (Å²) in [6.45, 7) is 4.00. The van der Waals surface area contributed by atoms with E-state index in [1.54, 1.807) is 6.07 Å². The molecular weight excluding hydrogens is 297 g/mol. The van der Waals surface area contributed by atoms with E-state index in [4.69, 9.17) is 5.73 Å². The van der Waals surface area contributed by atoms with Gasteiger partial charge in [-0.3, -0.25) is 4.79 Å². The summed E-state index contributed by atoms with van der Waals surface area (Å²) in [5.74, 6) is -0.514. The molecule has 1 amide bonds. The van der Waals surface area contributed by atoms with Crippen LogP contribution < -0.4 is 15.8 Å². The number of para-hydroxylation sites is 1. The lowest BCUT2D eigenvalue weighted by molar-refractivity contribution is -0.274. The molecule has 3 N–H and O–H groups in total. The summed E-state index contributed by atoms with van der Waals surface area (Å²) in [5.41, 5.74) is 6.15. The maximum atomic E-state index is 12.3. The Hall–Kier alpha value is -1.76. The van der Waals surface area contributed by atoms with E-state index >= 15 is 0 Å². The van der Waals surface area contributed by atoms with Gasteiger partial charge in [0.2, 0.25) is 5.91 Å². The summed E-state index contributed by atoms with van der Waals surface area (Å²) in [5, 5.41) is 2.64. The molecule has 0 saturated carbocycles. The Kier molecular flexibility index (Phi) is 6.67. The van der Waals surface area contributed by atoms with Gasteiger partial charge in [0.05, 0.1) is 6.04 Å². The standard InChI is InChI=1S/C15H21F3N2O2/c1-3-10(2)13(19)14(21)20-9-8-11-6-4-5-7-12(11)22-15(16,17)18/h4-7,10,13H,3,8-9,19H2,1-2H3,(H,20,21). The second kappa shape index (κ2) is 8.03. The molecule has 1 aromatic rings. The van der Waals surface area contributed by atoms with Crippen molar-refractivity contribution in [3.63, 3.8) is 0 Å². The largest absolute Gasteiger partial charge is 0.573 e. The topological polar surface area (TPSA) is 64.4 Å². The molecule has 7 heteroatoms. The van der Waals surface area contributed by atoms with E-state index in [0.29, 0.717) is 5.56 Å². The van der Waals surface area contributed by atoms with Gasteiger partial charge in [-0.15, -0.1) is 13.2 Å². The monoisotopic (exact) mass is 318 g/mol. The Balaban J connectivity index is 2.57. The van der Waals surface area contributed by atoms with Gasteiger partial charge in [0, 0.05) is 6.54 Å². The molecule has 0 aliphatic carbocycles. The lowest BCUT2D eigenvalue weighted by Crippen LogP contribution is -2.45. The lowest BCUT2D eigenvalue weighted by atomic mass is 9.99. The van der Waals surface area contributed by atoms with Gasteiger partial charge in [0.15, 0.2) is 0 Å². The van der Waals surface area contributed by atoms with Gasteiger partial charge in [-0.2, -0.15) is 0 Å². The molecule has 0 radical (unpaired) electrons. The van der Waals surface area contributed by atoms with E-state index in [2.05, 4.69) is 10.1 Å². The van der Waals surface area contributed by atoms with Crippen LogP contribution in [-0.4, -0.2) is 24.9 Å². The molecular formula is C15H21F3N2O2. The van der Waals surface area contributed by atoms with E-state index in [1.807, 2.05) is 13.8 Å². The molecule has 1 rings (SSSR count). The number of nitrogens with two attached hydrogens (primary N) is 1. The van der Waals surface area contributed by atoms with Crippen LogP contribution in [0.15, 0.2) is 24.3 Å². The quantitative estimate of drug-likeness (QED) is 0.812. The third kappa shape index (κ3) is 5.93. The van der Waals surface area contributed by atoms with E-state index in [1.165, 1.54) is 18.2 Å². The molecule has 0 aliphatic heterocycles. The van der Waals surface area contributed by atoms with Crippen molar-refractivity contribution in [2.75, 3.05) is 6.54 Å². The number of benzene rings is 1. The van der Waals surface area contributed by atoms with Crippen LogP contribution >= 0.6 is 0 Å². The Morgan fingerprint density at radius 1 is 1.36 bits per heavy atom. The number of halogens is 3. The van der Waals surface area contributed by atoms with E-state index in [9.17, 15) is 18.0 Å². The Labute approximate surface area is 127 Å². The van der Waals surface area contributed by atoms with Gasteiger partial charge in [-0.25, -0.2) is 0 Å². The molecule has 1 aromatic carbocycles. The van der Waals surface area contributed by atoms with Gasteiger partial charge in [-0.1, -0.05) is 38.5 Å². The van der Waals surface area contributed by atoms with Gasteiger partial charge in [0.25, 0.3) is 0 Å². The first-order valence-electron chi connectivity index (χ1n) is 7.11. The van der Waals surface area contributed by atoms with Crippen LogP contribution in [0.5, 0.6) is 5.75 Å². The van der Waals surface area contributed by atoms with Crippen LogP contribution in [-0.2, 0) is 11.2 Å². The molecule has 0 spiro atoms. The number of hydrogen-bond donors (Lipinski definition) is 2. The molecule has 2 atom stereocenters. The van der Waals surface area contributed by atoms with Crippen molar-refractivity contribution in [1.29, 1.82) is 0 Å². The Morgan fingerprint density at radius 2 is 2.00 bits per heavy atom. The fraction of sp³-hybridized carbons (Fsp3) is 0.533. The van der Waals surface area contributed by atoms with Crippen molar-refractivity contribution in [2.45, 2.75) is 39.1 Å². The molecule has 22 heavy (non-hydrogen) atoms. The summed E-state index contributed by atoms with van der Waals surface area (Å²) in [7, 11) is 0. The van der Waals surface area contributed by atoms with Gasteiger partial charge in [0.1, 0.15) is 5.75 Å². The normalized spacial score (nSPS) is 14.3.